The normalized spacial score (nSPS) is 21.5. The van der Waals surface area contributed by atoms with Crippen molar-refractivity contribution in [2.45, 2.75) is 69.4 Å². The molecule has 1 spiro atoms. The predicted molar refractivity (Wildman–Crippen MR) is 237 cm³/mol. The summed E-state index contributed by atoms with van der Waals surface area (Å²) in [6.45, 7) is 5.09. The fraction of sp³-hybridized carbons (Fsp3) is 0.340. The molecule has 62 heavy (non-hydrogen) atoms. The second-order valence-corrected chi connectivity index (χ2v) is 16.5. The number of anilines is 1. The van der Waals surface area contributed by atoms with E-state index in [1.165, 1.54) is 7.11 Å². The van der Waals surface area contributed by atoms with Crippen LogP contribution < -0.4 is 20.9 Å². The van der Waals surface area contributed by atoms with Crippen LogP contribution in [0.1, 0.15) is 60.0 Å². The van der Waals surface area contributed by atoms with Crippen LogP contribution in [-0.4, -0.2) is 79.0 Å². The van der Waals surface area contributed by atoms with Gasteiger partial charge in [-0.3, -0.25) is 4.79 Å². The molecule has 5 aromatic carbocycles. The summed E-state index contributed by atoms with van der Waals surface area (Å²) in [4.78, 5) is 43.5. The van der Waals surface area contributed by atoms with E-state index in [4.69, 9.17) is 14.2 Å². The summed E-state index contributed by atoms with van der Waals surface area (Å²) in [6, 6.07) is 42.4. The van der Waals surface area contributed by atoms with Crippen molar-refractivity contribution in [3.8, 4) is 11.1 Å². The minimum Gasteiger partial charge on any atom is -0.467 e. The Morgan fingerprint density at radius 2 is 1.50 bits per heavy atom. The zero-order valence-electron chi connectivity index (χ0n) is 35.2. The number of para-hydroxylation sites is 1. The van der Waals surface area contributed by atoms with E-state index in [9.17, 15) is 19.5 Å². The molecule has 3 aliphatic heterocycles. The molecule has 5 unspecified atom stereocenters. The van der Waals surface area contributed by atoms with Crippen LogP contribution in [0.15, 0.2) is 133 Å². The molecule has 3 fully saturated rings. The van der Waals surface area contributed by atoms with Gasteiger partial charge in [-0.1, -0.05) is 116 Å². The Kier molecular flexibility index (Phi) is 13.3. The number of nitrogens with zero attached hydrogens (tertiary/aromatic N) is 2. The van der Waals surface area contributed by atoms with Crippen LogP contribution in [0.3, 0.4) is 0 Å². The van der Waals surface area contributed by atoms with Crippen molar-refractivity contribution in [2.24, 2.45) is 5.92 Å². The number of carbonyl (C=O) groups excluding carboxylic acids is 3. The highest BCUT2D eigenvalue weighted by Crippen LogP contribution is 2.43. The second kappa shape index (κ2) is 19.3. The van der Waals surface area contributed by atoms with Crippen LogP contribution in [0.2, 0.25) is 0 Å². The van der Waals surface area contributed by atoms with E-state index >= 15 is 0 Å². The van der Waals surface area contributed by atoms with Gasteiger partial charge in [0.1, 0.15) is 11.6 Å². The standard InChI is InChI=1S/C50H55N5O7/c1-34-44(31-54-25-23-50(24-26-54)48(58)52-33-55(50)42-17-7-4-8-18-42)61-47(62-45(34)38-21-19-36(32-56)20-22-38)41-16-10-15-40(29-41)39-14-9-13-37(27-39)30-51-49(59)53-43(46(57)60-2)28-35-11-5-3-6-12-35/h3-22,27,29,34,43-45,47,56H,23-26,28,30-33H2,1-2H3,(H,52,58)(H2,51,53,59). The molecule has 12 heteroatoms. The van der Waals surface area contributed by atoms with Gasteiger partial charge in [-0.05, 0) is 70.5 Å². The molecule has 12 nitrogen and oxygen atoms in total. The maximum absolute atomic E-state index is 13.4. The summed E-state index contributed by atoms with van der Waals surface area (Å²) in [5.74, 6) is -0.416. The topological polar surface area (TPSA) is 142 Å². The number of methoxy groups -OCH3 is 1. The van der Waals surface area contributed by atoms with Crippen LogP contribution in [0, 0.1) is 5.92 Å². The lowest BCUT2D eigenvalue weighted by atomic mass is 9.84. The molecule has 3 heterocycles. The van der Waals surface area contributed by atoms with Gasteiger partial charge < -0.3 is 45.1 Å². The van der Waals surface area contributed by atoms with Crippen molar-refractivity contribution >= 4 is 23.6 Å². The molecule has 5 aromatic rings. The third-order valence-corrected chi connectivity index (χ3v) is 12.6. The number of aliphatic hydroxyl groups is 1. The number of esters is 1. The summed E-state index contributed by atoms with van der Waals surface area (Å²) in [7, 11) is 1.31. The van der Waals surface area contributed by atoms with Gasteiger partial charge in [-0.15, -0.1) is 0 Å². The van der Waals surface area contributed by atoms with Crippen molar-refractivity contribution in [3.63, 3.8) is 0 Å². The van der Waals surface area contributed by atoms with Gasteiger partial charge in [-0.25, -0.2) is 9.59 Å². The highest BCUT2D eigenvalue weighted by atomic mass is 16.7. The largest absolute Gasteiger partial charge is 0.467 e. The molecular formula is C50H55N5O7. The van der Waals surface area contributed by atoms with Gasteiger partial charge in [0, 0.05) is 49.8 Å². The molecule has 0 saturated carbocycles. The molecule has 0 radical (unpaired) electrons. The van der Waals surface area contributed by atoms with Crippen LogP contribution >= 0.6 is 0 Å². The zero-order chi connectivity index (χ0) is 43.1. The highest BCUT2D eigenvalue weighted by molar-refractivity contribution is 5.93. The number of urea groups is 1. The summed E-state index contributed by atoms with van der Waals surface area (Å²) in [5, 5.41) is 18.5. The fourth-order valence-corrected chi connectivity index (χ4v) is 9.02. The summed E-state index contributed by atoms with van der Waals surface area (Å²) < 4.78 is 18.7. The Morgan fingerprint density at radius 1 is 0.823 bits per heavy atom. The van der Waals surface area contributed by atoms with Crippen molar-refractivity contribution < 1.29 is 33.7 Å². The molecule has 3 saturated heterocycles. The molecular weight excluding hydrogens is 783 g/mol. The average molecular weight is 838 g/mol. The van der Waals surface area contributed by atoms with E-state index in [1.807, 2.05) is 115 Å². The van der Waals surface area contributed by atoms with E-state index in [-0.39, 0.29) is 37.2 Å². The Labute approximate surface area is 363 Å². The molecule has 3 amide bonds. The number of benzene rings is 5. The van der Waals surface area contributed by atoms with Crippen molar-refractivity contribution in [1.82, 2.24) is 20.9 Å². The van der Waals surface area contributed by atoms with Crippen molar-refractivity contribution in [2.75, 3.05) is 38.3 Å². The molecule has 0 aromatic heterocycles. The van der Waals surface area contributed by atoms with Gasteiger partial charge in [0.2, 0.25) is 5.91 Å². The van der Waals surface area contributed by atoms with Gasteiger partial charge in [0.05, 0.1) is 32.6 Å². The molecule has 0 bridgehead atoms. The smallest absolute Gasteiger partial charge is 0.328 e. The number of aliphatic hydroxyl groups excluding tert-OH is 1. The first-order chi connectivity index (χ1) is 30.2. The quantitative estimate of drug-likeness (QED) is 0.0960. The van der Waals surface area contributed by atoms with Crippen molar-refractivity contribution in [3.05, 3.63) is 161 Å². The average Bonchev–Trinajstić information content (AvgIpc) is 3.63. The predicted octanol–water partition coefficient (Wildman–Crippen LogP) is 6.65. The van der Waals surface area contributed by atoms with E-state index in [0.29, 0.717) is 32.5 Å². The Morgan fingerprint density at radius 3 is 2.21 bits per heavy atom. The first kappa shape index (κ1) is 42.6. The molecule has 322 valence electrons. The van der Waals surface area contributed by atoms with Gasteiger partial charge in [-0.2, -0.15) is 0 Å². The molecule has 8 rings (SSSR count). The maximum Gasteiger partial charge on any atom is 0.328 e. The first-order valence-electron chi connectivity index (χ1n) is 21.4. The number of nitrogens with one attached hydrogen (secondary N) is 3. The van der Waals surface area contributed by atoms with Gasteiger partial charge in [0.25, 0.3) is 0 Å². The Hall–Kier alpha value is -6.05. The third kappa shape index (κ3) is 9.54. The number of rotatable bonds is 13. The molecule has 3 aliphatic rings. The van der Waals surface area contributed by atoms with E-state index in [2.05, 4.69) is 50.9 Å². The minimum atomic E-state index is -0.833. The fourth-order valence-electron chi connectivity index (χ4n) is 9.02. The number of likely N-dealkylation sites (tertiary alicyclic amines) is 1. The summed E-state index contributed by atoms with van der Waals surface area (Å²) >= 11 is 0. The van der Waals surface area contributed by atoms with Crippen LogP contribution in [0.4, 0.5) is 10.5 Å². The summed E-state index contributed by atoms with van der Waals surface area (Å²) in [6.07, 6.45) is 0.631. The molecule has 0 aliphatic carbocycles. The highest BCUT2D eigenvalue weighted by Gasteiger charge is 2.51. The van der Waals surface area contributed by atoms with Gasteiger partial charge >= 0.3 is 12.0 Å². The Bertz CT molecular complexity index is 2300. The Balaban J connectivity index is 0.962. The van der Waals surface area contributed by atoms with E-state index in [1.54, 1.807) is 0 Å². The molecule has 4 N–H and O–H groups in total. The number of ether oxygens (including phenoxy) is 3. The lowest BCUT2D eigenvalue weighted by Gasteiger charge is -2.46. The molecule has 5 atom stereocenters. The van der Waals surface area contributed by atoms with Crippen LogP contribution in [-0.2, 0) is 43.4 Å². The van der Waals surface area contributed by atoms with Crippen molar-refractivity contribution in [1.29, 1.82) is 0 Å². The lowest BCUT2D eigenvalue weighted by Crippen LogP contribution is -2.57. The first-order valence-corrected chi connectivity index (χ1v) is 21.4. The number of carbonyl (C=O) groups is 3. The minimum absolute atomic E-state index is 0.00325. The monoisotopic (exact) mass is 837 g/mol. The number of piperidine rings is 1. The van der Waals surface area contributed by atoms with Crippen LogP contribution in [0.5, 0.6) is 0 Å². The van der Waals surface area contributed by atoms with Crippen LogP contribution in [0.25, 0.3) is 11.1 Å². The summed E-state index contributed by atoms with van der Waals surface area (Å²) in [5.41, 5.74) is 6.93. The SMILES string of the molecule is COC(=O)C(Cc1ccccc1)NC(=O)NCc1cccc(-c2cccc(C3OC(CN4CCC5(CC4)C(=O)NCN5c4ccccc4)C(C)C(c4ccc(CO)cc4)O3)c2)c1. The second-order valence-electron chi connectivity index (χ2n) is 16.5. The van der Waals surface area contributed by atoms with E-state index in [0.717, 1.165) is 57.7 Å². The number of hydrogen-bond acceptors (Lipinski definition) is 9. The number of hydrogen-bond donors (Lipinski definition) is 4. The third-order valence-electron chi connectivity index (χ3n) is 12.6. The maximum atomic E-state index is 13.4. The zero-order valence-corrected chi connectivity index (χ0v) is 35.2. The lowest BCUT2D eigenvalue weighted by molar-refractivity contribution is -0.276. The number of amides is 3. The van der Waals surface area contributed by atoms with Gasteiger partial charge in [0.15, 0.2) is 6.29 Å². The van der Waals surface area contributed by atoms with E-state index < -0.39 is 29.9 Å².